The SMILES string of the molecule is CS(=O)(=O)c1ccc(OC2CCN(C(=O)c3ccc(C(=O)NC4CCN(Cc5cc(F)cc(F)c5)CC4)nc3)CC2)cc1. The zero-order valence-corrected chi connectivity index (χ0v) is 24.7. The molecule has 43 heavy (non-hydrogen) atoms. The van der Waals surface area contributed by atoms with Gasteiger partial charge in [-0.15, -0.1) is 0 Å². The van der Waals surface area contributed by atoms with Crippen LogP contribution in [0.25, 0.3) is 0 Å². The second-order valence-electron chi connectivity index (χ2n) is 11.1. The molecule has 0 atom stereocenters. The molecular weight excluding hydrogens is 578 g/mol. The molecule has 2 aliphatic rings. The molecule has 2 aromatic carbocycles. The number of hydrogen-bond acceptors (Lipinski definition) is 7. The van der Waals surface area contributed by atoms with Gasteiger partial charge in [0.15, 0.2) is 9.84 Å². The maximum atomic E-state index is 13.5. The second kappa shape index (κ2) is 13.2. The Bertz CT molecular complexity index is 1530. The monoisotopic (exact) mass is 612 g/mol. The maximum absolute atomic E-state index is 13.5. The molecule has 2 aliphatic heterocycles. The number of nitrogens with zero attached hydrogens (tertiary/aromatic N) is 3. The zero-order valence-electron chi connectivity index (χ0n) is 23.8. The van der Waals surface area contributed by atoms with Crippen LogP contribution in [0.5, 0.6) is 5.75 Å². The smallest absolute Gasteiger partial charge is 0.270 e. The van der Waals surface area contributed by atoms with Crippen molar-refractivity contribution < 1.29 is 31.5 Å². The summed E-state index contributed by atoms with van der Waals surface area (Å²) in [7, 11) is -3.27. The highest BCUT2D eigenvalue weighted by Gasteiger charge is 2.26. The molecule has 2 amide bonds. The molecule has 3 heterocycles. The van der Waals surface area contributed by atoms with Crippen LogP contribution >= 0.6 is 0 Å². The van der Waals surface area contributed by atoms with Gasteiger partial charge in [0.25, 0.3) is 11.8 Å². The molecule has 0 unspecified atom stereocenters. The number of benzene rings is 2. The number of piperidine rings is 2. The van der Waals surface area contributed by atoms with Crippen LogP contribution in [-0.4, -0.2) is 79.6 Å². The predicted molar refractivity (Wildman–Crippen MR) is 155 cm³/mol. The minimum absolute atomic E-state index is 0.0442. The van der Waals surface area contributed by atoms with Crippen LogP contribution in [0.4, 0.5) is 8.78 Å². The highest BCUT2D eigenvalue weighted by molar-refractivity contribution is 7.90. The van der Waals surface area contributed by atoms with Crippen molar-refractivity contribution in [3.63, 3.8) is 0 Å². The summed E-state index contributed by atoms with van der Waals surface area (Å²) in [6, 6.07) is 12.9. The average molecular weight is 613 g/mol. The van der Waals surface area contributed by atoms with Gasteiger partial charge in [0, 0.05) is 70.1 Å². The molecule has 0 saturated carbocycles. The van der Waals surface area contributed by atoms with Crippen molar-refractivity contribution >= 4 is 21.7 Å². The van der Waals surface area contributed by atoms with Crippen LogP contribution in [0, 0.1) is 11.6 Å². The van der Waals surface area contributed by atoms with E-state index in [0.29, 0.717) is 75.3 Å². The standard InChI is InChI=1S/C31H34F2N4O5S/c1-43(40,41)28-5-3-26(4-6-28)42-27-10-14-37(15-11-27)31(39)22-2-7-29(34-19-22)30(38)35-25-8-12-36(13-9-25)20-21-16-23(32)18-24(33)17-21/h2-7,16-19,25,27H,8-15,20H2,1H3,(H,35,38). The summed E-state index contributed by atoms with van der Waals surface area (Å²) < 4.78 is 56.2. The van der Waals surface area contributed by atoms with Crippen LogP contribution in [0.1, 0.15) is 52.1 Å². The summed E-state index contributed by atoms with van der Waals surface area (Å²) in [6.45, 7) is 2.81. The van der Waals surface area contributed by atoms with Crippen LogP contribution in [0.3, 0.4) is 0 Å². The van der Waals surface area contributed by atoms with Crippen LogP contribution in [0.15, 0.2) is 65.7 Å². The van der Waals surface area contributed by atoms with Gasteiger partial charge < -0.3 is 15.0 Å². The van der Waals surface area contributed by atoms with E-state index in [2.05, 4.69) is 15.2 Å². The summed E-state index contributed by atoms with van der Waals surface area (Å²) >= 11 is 0. The Hall–Kier alpha value is -3.90. The number of aromatic nitrogens is 1. The van der Waals surface area contributed by atoms with Crippen molar-refractivity contribution in [2.24, 2.45) is 0 Å². The Balaban J connectivity index is 1.06. The molecule has 2 fully saturated rings. The van der Waals surface area contributed by atoms with E-state index in [1.54, 1.807) is 29.2 Å². The summed E-state index contributed by atoms with van der Waals surface area (Å²) in [4.78, 5) is 34.1. The molecule has 3 aromatic rings. The van der Waals surface area contributed by atoms with Crippen LogP contribution in [0.2, 0.25) is 0 Å². The van der Waals surface area contributed by atoms with E-state index in [-0.39, 0.29) is 34.5 Å². The number of pyridine rings is 1. The molecule has 0 aliphatic carbocycles. The Morgan fingerprint density at radius 1 is 0.930 bits per heavy atom. The number of rotatable bonds is 8. The molecule has 0 bridgehead atoms. The summed E-state index contributed by atoms with van der Waals surface area (Å²) in [6.07, 6.45) is 5.15. The summed E-state index contributed by atoms with van der Waals surface area (Å²) in [5.41, 5.74) is 1.20. The second-order valence-corrected chi connectivity index (χ2v) is 13.1. The third-order valence-corrected chi connectivity index (χ3v) is 8.91. The lowest BCUT2D eigenvalue weighted by Gasteiger charge is -2.32. The van der Waals surface area contributed by atoms with Crippen molar-refractivity contribution in [2.75, 3.05) is 32.4 Å². The fourth-order valence-corrected chi connectivity index (χ4v) is 6.06. The zero-order chi connectivity index (χ0) is 30.6. The first-order valence-electron chi connectivity index (χ1n) is 14.2. The number of carbonyl (C=O) groups excluding carboxylic acids is 2. The fourth-order valence-electron chi connectivity index (χ4n) is 5.43. The van der Waals surface area contributed by atoms with E-state index in [1.165, 1.54) is 30.5 Å². The molecular formula is C31H34F2N4O5S. The Morgan fingerprint density at radius 2 is 1.58 bits per heavy atom. The van der Waals surface area contributed by atoms with Gasteiger partial charge in [0.1, 0.15) is 29.2 Å². The first-order valence-corrected chi connectivity index (χ1v) is 16.1. The van der Waals surface area contributed by atoms with E-state index in [9.17, 15) is 26.8 Å². The molecule has 228 valence electrons. The number of carbonyl (C=O) groups is 2. The lowest BCUT2D eigenvalue weighted by Crippen LogP contribution is -2.44. The molecule has 5 rings (SSSR count). The number of hydrogen-bond donors (Lipinski definition) is 1. The van der Waals surface area contributed by atoms with Gasteiger partial charge in [-0.05, 0) is 66.9 Å². The van der Waals surface area contributed by atoms with Crippen LogP contribution < -0.4 is 10.1 Å². The number of ether oxygens (including phenoxy) is 1. The average Bonchev–Trinajstić information content (AvgIpc) is 2.97. The fraction of sp³-hybridized carbons (Fsp3) is 0.387. The van der Waals surface area contributed by atoms with Gasteiger partial charge in [-0.2, -0.15) is 0 Å². The quantitative estimate of drug-likeness (QED) is 0.412. The minimum Gasteiger partial charge on any atom is -0.490 e. The maximum Gasteiger partial charge on any atom is 0.270 e. The highest BCUT2D eigenvalue weighted by Crippen LogP contribution is 2.22. The van der Waals surface area contributed by atoms with Gasteiger partial charge in [-0.3, -0.25) is 19.5 Å². The first-order chi connectivity index (χ1) is 20.5. The minimum atomic E-state index is -3.27. The molecule has 1 aromatic heterocycles. The third kappa shape index (κ3) is 8.14. The molecule has 0 radical (unpaired) electrons. The molecule has 1 N–H and O–H groups in total. The number of amides is 2. The van der Waals surface area contributed by atoms with Gasteiger partial charge in [-0.1, -0.05) is 0 Å². The van der Waals surface area contributed by atoms with E-state index in [0.717, 1.165) is 12.3 Å². The molecule has 0 spiro atoms. The highest BCUT2D eigenvalue weighted by atomic mass is 32.2. The Morgan fingerprint density at radius 3 is 2.16 bits per heavy atom. The van der Waals surface area contributed by atoms with Gasteiger partial charge in [0.05, 0.1) is 10.5 Å². The summed E-state index contributed by atoms with van der Waals surface area (Å²) in [5, 5.41) is 3.00. The predicted octanol–water partition coefficient (Wildman–Crippen LogP) is 3.84. The van der Waals surface area contributed by atoms with E-state index >= 15 is 0 Å². The largest absolute Gasteiger partial charge is 0.490 e. The normalized spacial score (nSPS) is 17.0. The topological polar surface area (TPSA) is 109 Å². The van der Waals surface area contributed by atoms with Crippen molar-refractivity contribution in [1.29, 1.82) is 0 Å². The van der Waals surface area contributed by atoms with E-state index < -0.39 is 21.5 Å². The summed E-state index contributed by atoms with van der Waals surface area (Å²) in [5.74, 6) is -1.08. The van der Waals surface area contributed by atoms with Crippen molar-refractivity contribution in [1.82, 2.24) is 20.1 Å². The lowest BCUT2D eigenvalue weighted by atomic mass is 10.0. The molecule has 2 saturated heterocycles. The van der Waals surface area contributed by atoms with Gasteiger partial charge >= 0.3 is 0 Å². The van der Waals surface area contributed by atoms with Crippen molar-refractivity contribution in [3.05, 3.63) is 89.2 Å². The third-order valence-electron chi connectivity index (χ3n) is 7.78. The number of likely N-dealkylation sites (tertiary alicyclic amines) is 2. The van der Waals surface area contributed by atoms with Crippen LogP contribution in [-0.2, 0) is 16.4 Å². The Kier molecular flexibility index (Phi) is 9.36. The van der Waals surface area contributed by atoms with Crippen molar-refractivity contribution in [2.45, 2.75) is 49.3 Å². The number of nitrogens with one attached hydrogen (secondary N) is 1. The molecule has 9 nitrogen and oxygen atoms in total. The first kappa shape index (κ1) is 30.6. The lowest BCUT2D eigenvalue weighted by molar-refractivity contribution is 0.0594. The van der Waals surface area contributed by atoms with Gasteiger partial charge in [0.2, 0.25) is 0 Å². The number of sulfone groups is 1. The van der Waals surface area contributed by atoms with Crippen molar-refractivity contribution in [3.8, 4) is 5.75 Å². The van der Waals surface area contributed by atoms with E-state index in [1.807, 2.05) is 0 Å². The Labute approximate surface area is 249 Å². The van der Waals surface area contributed by atoms with E-state index in [4.69, 9.17) is 4.74 Å². The number of halogens is 2. The van der Waals surface area contributed by atoms with Gasteiger partial charge in [-0.25, -0.2) is 17.2 Å². The molecule has 12 heteroatoms.